The molecule has 1 aromatic carbocycles. The summed E-state index contributed by atoms with van der Waals surface area (Å²) in [5.41, 5.74) is -0.961. The quantitative estimate of drug-likeness (QED) is 0.892. The molecule has 0 aliphatic carbocycles. The first-order valence-electron chi connectivity index (χ1n) is 6.39. The highest BCUT2D eigenvalue weighted by Crippen LogP contribution is 2.33. The first-order valence-corrected chi connectivity index (χ1v) is 6.77. The number of urea groups is 1. The summed E-state index contributed by atoms with van der Waals surface area (Å²) in [7, 11) is 0. The van der Waals surface area contributed by atoms with Crippen molar-refractivity contribution in [2.24, 2.45) is 0 Å². The van der Waals surface area contributed by atoms with Crippen LogP contribution in [0.4, 0.5) is 23.7 Å². The summed E-state index contributed by atoms with van der Waals surface area (Å²) in [6.07, 6.45) is -2.75. The van der Waals surface area contributed by atoms with Crippen LogP contribution < -0.4 is 10.6 Å². The molecule has 2 rings (SSSR count). The molecule has 1 aliphatic heterocycles. The van der Waals surface area contributed by atoms with E-state index in [1.807, 2.05) is 0 Å². The molecule has 0 aromatic heterocycles. The lowest BCUT2D eigenvalue weighted by atomic mass is 10.2. The molecule has 1 aliphatic rings. The van der Waals surface area contributed by atoms with Gasteiger partial charge >= 0.3 is 12.2 Å². The van der Waals surface area contributed by atoms with Crippen LogP contribution in [-0.4, -0.2) is 25.3 Å². The summed E-state index contributed by atoms with van der Waals surface area (Å²) >= 11 is 5.78. The highest BCUT2D eigenvalue weighted by Gasteiger charge is 2.31. The number of carbonyl (C=O) groups is 1. The van der Waals surface area contributed by atoms with Crippen LogP contribution in [0.25, 0.3) is 0 Å². The van der Waals surface area contributed by atoms with Crippen LogP contribution in [0.2, 0.25) is 5.02 Å². The zero-order chi connectivity index (χ0) is 15.5. The van der Waals surface area contributed by atoms with E-state index in [-0.39, 0.29) is 16.8 Å². The largest absolute Gasteiger partial charge is 0.416 e. The van der Waals surface area contributed by atoms with E-state index < -0.39 is 17.8 Å². The Kier molecular flexibility index (Phi) is 4.95. The molecule has 2 N–H and O–H groups in total. The molecule has 1 unspecified atom stereocenters. The molecule has 1 heterocycles. The van der Waals surface area contributed by atoms with Crippen LogP contribution in [0.15, 0.2) is 18.2 Å². The molecule has 1 atom stereocenters. The minimum Gasteiger partial charge on any atom is -0.376 e. The molecular formula is C13H14ClF3N2O2. The van der Waals surface area contributed by atoms with Gasteiger partial charge in [-0.2, -0.15) is 13.2 Å². The van der Waals surface area contributed by atoms with Gasteiger partial charge in [-0.15, -0.1) is 0 Å². The minimum absolute atomic E-state index is 0.0373. The number of amides is 2. The van der Waals surface area contributed by atoms with E-state index in [1.165, 1.54) is 0 Å². The van der Waals surface area contributed by atoms with Crippen molar-refractivity contribution in [2.75, 3.05) is 18.5 Å². The van der Waals surface area contributed by atoms with Crippen LogP contribution in [-0.2, 0) is 10.9 Å². The average Bonchev–Trinajstić information content (AvgIpc) is 2.91. The fraction of sp³-hybridized carbons (Fsp3) is 0.462. The van der Waals surface area contributed by atoms with Gasteiger partial charge in [-0.1, -0.05) is 11.6 Å². The number of alkyl halides is 3. The Bertz CT molecular complexity index is 517. The highest BCUT2D eigenvalue weighted by atomic mass is 35.5. The summed E-state index contributed by atoms with van der Waals surface area (Å²) in [6, 6.07) is 2.14. The number of anilines is 1. The van der Waals surface area contributed by atoms with Crippen molar-refractivity contribution in [2.45, 2.75) is 25.1 Å². The normalized spacial score (nSPS) is 18.6. The Balaban J connectivity index is 1.96. The molecule has 1 fully saturated rings. The van der Waals surface area contributed by atoms with E-state index in [0.29, 0.717) is 13.2 Å². The van der Waals surface area contributed by atoms with Crippen LogP contribution in [0, 0.1) is 0 Å². The summed E-state index contributed by atoms with van der Waals surface area (Å²) in [5, 5.41) is 4.89. The number of nitrogens with one attached hydrogen (secondary N) is 2. The molecule has 4 nitrogen and oxygen atoms in total. The van der Waals surface area contributed by atoms with E-state index in [2.05, 4.69) is 10.6 Å². The third-order valence-corrected chi connectivity index (χ3v) is 3.39. The van der Waals surface area contributed by atoms with Gasteiger partial charge in [0.2, 0.25) is 0 Å². The zero-order valence-corrected chi connectivity index (χ0v) is 11.7. The van der Waals surface area contributed by atoms with E-state index in [0.717, 1.165) is 31.0 Å². The van der Waals surface area contributed by atoms with Gasteiger partial charge in [-0.25, -0.2) is 4.79 Å². The van der Waals surface area contributed by atoms with Gasteiger partial charge in [0.15, 0.2) is 0 Å². The molecule has 0 saturated carbocycles. The second kappa shape index (κ2) is 6.53. The van der Waals surface area contributed by atoms with Crippen molar-refractivity contribution in [1.82, 2.24) is 5.32 Å². The maximum absolute atomic E-state index is 12.6. The summed E-state index contributed by atoms with van der Waals surface area (Å²) < 4.78 is 43.1. The van der Waals surface area contributed by atoms with Crippen LogP contribution in [0.3, 0.4) is 0 Å². The van der Waals surface area contributed by atoms with Crippen molar-refractivity contribution in [3.8, 4) is 0 Å². The standard InChI is InChI=1S/C13H14ClF3N2O2/c14-10-4-3-8(13(15,16)17)6-11(10)19-12(20)18-7-9-2-1-5-21-9/h3-4,6,9H,1-2,5,7H2,(H2,18,19,20). The fourth-order valence-corrected chi connectivity index (χ4v) is 2.14. The number of hydrogen-bond donors (Lipinski definition) is 2. The first kappa shape index (κ1) is 15.9. The van der Waals surface area contributed by atoms with Crippen molar-refractivity contribution in [3.05, 3.63) is 28.8 Å². The van der Waals surface area contributed by atoms with E-state index in [4.69, 9.17) is 16.3 Å². The maximum atomic E-state index is 12.6. The number of benzene rings is 1. The Labute approximate surface area is 124 Å². The lowest BCUT2D eigenvalue weighted by Crippen LogP contribution is -2.35. The summed E-state index contributed by atoms with van der Waals surface area (Å²) in [4.78, 5) is 11.7. The van der Waals surface area contributed by atoms with Gasteiger partial charge in [0.1, 0.15) is 0 Å². The van der Waals surface area contributed by atoms with Gasteiger partial charge < -0.3 is 15.4 Å². The third kappa shape index (κ3) is 4.50. The Morgan fingerprint density at radius 3 is 2.81 bits per heavy atom. The van der Waals surface area contributed by atoms with Crippen molar-refractivity contribution in [1.29, 1.82) is 0 Å². The third-order valence-electron chi connectivity index (χ3n) is 3.06. The fourth-order valence-electron chi connectivity index (χ4n) is 1.98. The van der Waals surface area contributed by atoms with Crippen LogP contribution in [0.1, 0.15) is 18.4 Å². The SMILES string of the molecule is O=C(NCC1CCCO1)Nc1cc(C(F)(F)F)ccc1Cl. The summed E-state index contributed by atoms with van der Waals surface area (Å²) in [5.74, 6) is 0. The smallest absolute Gasteiger partial charge is 0.376 e. The van der Waals surface area contributed by atoms with E-state index >= 15 is 0 Å². The van der Waals surface area contributed by atoms with Crippen LogP contribution >= 0.6 is 11.6 Å². The Morgan fingerprint density at radius 1 is 1.43 bits per heavy atom. The zero-order valence-electron chi connectivity index (χ0n) is 11.0. The van der Waals surface area contributed by atoms with E-state index in [9.17, 15) is 18.0 Å². The van der Waals surface area contributed by atoms with Gasteiger partial charge in [-0.05, 0) is 31.0 Å². The maximum Gasteiger partial charge on any atom is 0.416 e. The monoisotopic (exact) mass is 322 g/mol. The molecule has 1 aromatic rings. The molecule has 8 heteroatoms. The highest BCUT2D eigenvalue weighted by molar-refractivity contribution is 6.33. The molecule has 21 heavy (non-hydrogen) atoms. The number of halogens is 4. The molecule has 2 amide bonds. The molecular weight excluding hydrogens is 309 g/mol. The lowest BCUT2D eigenvalue weighted by molar-refractivity contribution is -0.137. The van der Waals surface area contributed by atoms with Crippen molar-refractivity contribution < 1.29 is 22.7 Å². The Hall–Kier alpha value is -1.47. The molecule has 1 saturated heterocycles. The molecule has 0 bridgehead atoms. The topological polar surface area (TPSA) is 50.4 Å². The van der Waals surface area contributed by atoms with Crippen LogP contribution in [0.5, 0.6) is 0 Å². The van der Waals surface area contributed by atoms with Crippen molar-refractivity contribution >= 4 is 23.3 Å². The minimum atomic E-state index is -4.49. The predicted molar refractivity (Wildman–Crippen MR) is 72.4 cm³/mol. The molecule has 0 spiro atoms. The van der Waals surface area contributed by atoms with Gasteiger partial charge in [-0.3, -0.25) is 0 Å². The first-order chi connectivity index (χ1) is 9.86. The number of hydrogen-bond acceptors (Lipinski definition) is 2. The van der Waals surface area contributed by atoms with Crippen molar-refractivity contribution in [3.63, 3.8) is 0 Å². The van der Waals surface area contributed by atoms with Gasteiger partial charge in [0.25, 0.3) is 0 Å². The Morgan fingerprint density at radius 2 is 2.19 bits per heavy atom. The van der Waals surface area contributed by atoms with E-state index in [1.54, 1.807) is 0 Å². The molecule has 0 radical (unpaired) electrons. The van der Waals surface area contributed by atoms with Gasteiger partial charge in [0, 0.05) is 13.2 Å². The number of rotatable bonds is 3. The average molecular weight is 323 g/mol. The lowest BCUT2D eigenvalue weighted by Gasteiger charge is -2.14. The van der Waals surface area contributed by atoms with Gasteiger partial charge in [0.05, 0.1) is 22.4 Å². The predicted octanol–water partition coefficient (Wildman–Crippen LogP) is 3.66. The number of ether oxygens (including phenoxy) is 1. The summed E-state index contributed by atoms with van der Waals surface area (Å²) in [6.45, 7) is 0.968. The molecule has 116 valence electrons. The number of carbonyl (C=O) groups excluding carboxylic acids is 1. The second-order valence-electron chi connectivity index (χ2n) is 4.66. The second-order valence-corrected chi connectivity index (χ2v) is 5.07.